The van der Waals surface area contributed by atoms with Gasteiger partial charge in [0.05, 0.1) is 22.3 Å². The van der Waals surface area contributed by atoms with E-state index in [-0.39, 0.29) is 24.6 Å². The summed E-state index contributed by atoms with van der Waals surface area (Å²) in [6.45, 7) is 2.62. The Morgan fingerprint density at radius 1 is 0.879 bits per heavy atom. The minimum atomic E-state index is -0.488. The quantitative estimate of drug-likeness (QED) is 0.515. The third kappa shape index (κ3) is 3.61. The molecule has 5 rings (SSSR count). The van der Waals surface area contributed by atoms with Crippen LogP contribution in [0.15, 0.2) is 82.4 Å². The number of nitrogens with one attached hydrogen (secondary N) is 1. The molecule has 0 fully saturated rings. The van der Waals surface area contributed by atoms with Gasteiger partial charge in [-0.2, -0.15) is 0 Å². The number of benzene rings is 3. The highest BCUT2D eigenvalue weighted by atomic mass is 16.2. The van der Waals surface area contributed by atoms with Crippen LogP contribution in [0, 0.1) is 0 Å². The maximum atomic E-state index is 13.1. The lowest BCUT2D eigenvalue weighted by Gasteiger charge is -2.23. The van der Waals surface area contributed by atoms with Gasteiger partial charge in [0.1, 0.15) is 6.54 Å². The standard InChI is InChI=1S/C26H24N4O3/c1-2-28-25(32)19-10-4-7-13-22(19)30(26(28)33)17-24(31)27-20-11-5-8-14-23(20)29-16-15-18-9-3-6-12-21(18)29/h3-14H,2,15-17H2,1H3,(H,27,31). The summed E-state index contributed by atoms with van der Waals surface area (Å²) in [5.74, 6) is -0.330. The molecule has 7 heteroatoms. The van der Waals surface area contributed by atoms with E-state index in [1.165, 1.54) is 10.1 Å². The van der Waals surface area contributed by atoms with E-state index in [1.54, 1.807) is 31.2 Å². The van der Waals surface area contributed by atoms with Gasteiger partial charge in [-0.1, -0.05) is 42.5 Å². The van der Waals surface area contributed by atoms with Crippen LogP contribution < -0.4 is 21.5 Å². The maximum absolute atomic E-state index is 13.1. The Morgan fingerprint density at radius 2 is 1.58 bits per heavy atom. The van der Waals surface area contributed by atoms with Crippen molar-refractivity contribution < 1.29 is 4.79 Å². The molecule has 7 nitrogen and oxygen atoms in total. The number of rotatable bonds is 5. The van der Waals surface area contributed by atoms with E-state index in [0.717, 1.165) is 28.9 Å². The molecule has 0 atom stereocenters. The molecule has 0 saturated heterocycles. The van der Waals surface area contributed by atoms with Gasteiger partial charge in [-0.3, -0.25) is 18.7 Å². The van der Waals surface area contributed by atoms with Gasteiger partial charge in [0.15, 0.2) is 0 Å². The van der Waals surface area contributed by atoms with Crippen molar-refractivity contribution in [1.29, 1.82) is 0 Å². The molecule has 1 aliphatic heterocycles. The summed E-state index contributed by atoms with van der Waals surface area (Å²) in [7, 11) is 0. The smallest absolute Gasteiger partial charge is 0.331 e. The van der Waals surface area contributed by atoms with E-state index in [4.69, 9.17) is 0 Å². The summed E-state index contributed by atoms with van der Waals surface area (Å²) in [4.78, 5) is 40.9. The molecule has 166 valence electrons. The molecule has 0 spiro atoms. The average molecular weight is 441 g/mol. The summed E-state index contributed by atoms with van der Waals surface area (Å²) in [6, 6.07) is 22.8. The first-order valence-electron chi connectivity index (χ1n) is 11.0. The fourth-order valence-electron chi connectivity index (χ4n) is 4.54. The molecule has 2 heterocycles. The lowest BCUT2D eigenvalue weighted by Crippen LogP contribution is -2.41. The maximum Gasteiger partial charge on any atom is 0.331 e. The topological polar surface area (TPSA) is 76.3 Å². The zero-order chi connectivity index (χ0) is 22.9. The summed E-state index contributed by atoms with van der Waals surface area (Å²) in [5.41, 5.74) is 3.63. The van der Waals surface area contributed by atoms with Gasteiger partial charge in [0, 0.05) is 18.8 Å². The SMILES string of the molecule is CCn1c(=O)c2ccccc2n(CC(=O)Nc2ccccc2N2CCc3ccccc32)c1=O. The normalized spacial score (nSPS) is 12.7. The number of hydrogen-bond donors (Lipinski definition) is 1. The number of para-hydroxylation sites is 4. The van der Waals surface area contributed by atoms with Crippen molar-refractivity contribution in [2.45, 2.75) is 26.4 Å². The zero-order valence-electron chi connectivity index (χ0n) is 18.3. The van der Waals surface area contributed by atoms with Crippen LogP contribution in [0.4, 0.5) is 17.1 Å². The fourth-order valence-corrected chi connectivity index (χ4v) is 4.54. The Labute approximate surface area is 190 Å². The van der Waals surface area contributed by atoms with Crippen molar-refractivity contribution in [1.82, 2.24) is 9.13 Å². The number of aromatic nitrogens is 2. The Morgan fingerprint density at radius 3 is 2.39 bits per heavy atom. The molecule has 1 aromatic heterocycles. The minimum Gasteiger partial charge on any atom is -0.339 e. The first-order valence-corrected chi connectivity index (χ1v) is 11.0. The van der Waals surface area contributed by atoms with Crippen molar-refractivity contribution in [3.8, 4) is 0 Å². The van der Waals surface area contributed by atoms with Gasteiger partial charge >= 0.3 is 5.69 Å². The van der Waals surface area contributed by atoms with Crippen LogP contribution in [0.2, 0.25) is 0 Å². The first-order chi connectivity index (χ1) is 16.1. The molecule has 0 unspecified atom stereocenters. The van der Waals surface area contributed by atoms with Gasteiger partial charge < -0.3 is 10.2 Å². The summed E-state index contributed by atoms with van der Waals surface area (Å²) in [5, 5.41) is 3.40. The van der Waals surface area contributed by atoms with E-state index in [1.807, 2.05) is 36.4 Å². The second-order valence-electron chi connectivity index (χ2n) is 8.03. The van der Waals surface area contributed by atoms with Crippen molar-refractivity contribution in [3.63, 3.8) is 0 Å². The van der Waals surface area contributed by atoms with E-state index < -0.39 is 5.69 Å². The first kappa shape index (κ1) is 20.8. The van der Waals surface area contributed by atoms with Crippen LogP contribution in [-0.4, -0.2) is 21.6 Å². The van der Waals surface area contributed by atoms with Gasteiger partial charge in [-0.05, 0) is 49.2 Å². The van der Waals surface area contributed by atoms with Gasteiger partial charge in [-0.15, -0.1) is 0 Å². The molecule has 1 N–H and O–H groups in total. The summed E-state index contributed by atoms with van der Waals surface area (Å²) in [6.07, 6.45) is 0.943. The number of carbonyl (C=O) groups is 1. The fraction of sp³-hybridized carbons (Fsp3) is 0.192. The summed E-state index contributed by atoms with van der Waals surface area (Å²) < 4.78 is 2.52. The van der Waals surface area contributed by atoms with Gasteiger partial charge in [0.25, 0.3) is 5.56 Å². The second kappa shape index (κ2) is 8.43. The molecule has 1 aliphatic rings. The third-order valence-corrected chi connectivity index (χ3v) is 6.11. The van der Waals surface area contributed by atoms with Crippen molar-refractivity contribution in [2.75, 3.05) is 16.8 Å². The minimum absolute atomic E-state index is 0.190. The number of hydrogen-bond acceptors (Lipinski definition) is 4. The Kier molecular flexibility index (Phi) is 5.30. The predicted octanol–water partition coefficient (Wildman–Crippen LogP) is 3.52. The largest absolute Gasteiger partial charge is 0.339 e. The highest BCUT2D eigenvalue weighted by molar-refractivity contribution is 5.96. The number of amides is 1. The molecule has 4 aromatic rings. The van der Waals surface area contributed by atoms with E-state index >= 15 is 0 Å². The lowest BCUT2D eigenvalue weighted by atomic mass is 10.1. The van der Waals surface area contributed by atoms with Crippen LogP contribution in [-0.2, 0) is 24.3 Å². The average Bonchev–Trinajstić information content (AvgIpc) is 3.26. The van der Waals surface area contributed by atoms with Crippen LogP contribution in [0.1, 0.15) is 12.5 Å². The van der Waals surface area contributed by atoms with Crippen LogP contribution in [0.3, 0.4) is 0 Å². The molecule has 1 amide bonds. The summed E-state index contributed by atoms with van der Waals surface area (Å²) >= 11 is 0. The third-order valence-electron chi connectivity index (χ3n) is 6.11. The monoisotopic (exact) mass is 440 g/mol. The molecular weight excluding hydrogens is 416 g/mol. The Hall–Kier alpha value is -4.13. The van der Waals surface area contributed by atoms with Crippen molar-refractivity contribution >= 4 is 33.9 Å². The molecule has 3 aromatic carbocycles. The van der Waals surface area contributed by atoms with E-state index in [2.05, 4.69) is 22.3 Å². The molecule has 33 heavy (non-hydrogen) atoms. The lowest BCUT2D eigenvalue weighted by molar-refractivity contribution is -0.116. The van der Waals surface area contributed by atoms with Crippen LogP contribution in [0.5, 0.6) is 0 Å². The Balaban J connectivity index is 1.48. The molecule has 0 bridgehead atoms. The second-order valence-corrected chi connectivity index (χ2v) is 8.03. The van der Waals surface area contributed by atoms with Crippen molar-refractivity contribution in [2.24, 2.45) is 0 Å². The Bertz CT molecular complexity index is 1490. The van der Waals surface area contributed by atoms with Gasteiger partial charge in [-0.25, -0.2) is 4.79 Å². The van der Waals surface area contributed by atoms with Gasteiger partial charge in [0.2, 0.25) is 5.91 Å². The molecular formula is C26H24N4O3. The number of nitrogens with zero attached hydrogens (tertiary/aromatic N) is 3. The highest BCUT2D eigenvalue weighted by Gasteiger charge is 2.22. The molecule has 0 radical (unpaired) electrons. The number of carbonyl (C=O) groups excluding carboxylic acids is 1. The number of anilines is 3. The predicted molar refractivity (Wildman–Crippen MR) is 130 cm³/mol. The highest BCUT2D eigenvalue weighted by Crippen LogP contribution is 2.38. The van der Waals surface area contributed by atoms with Crippen LogP contribution in [0.25, 0.3) is 10.9 Å². The number of fused-ring (bicyclic) bond motifs is 2. The van der Waals surface area contributed by atoms with Crippen LogP contribution >= 0.6 is 0 Å². The van der Waals surface area contributed by atoms with E-state index in [9.17, 15) is 14.4 Å². The molecule has 0 saturated carbocycles. The molecule has 0 aliphatic carbocycles. The zero-order valence-corrected chi connectivity index (χ0v) is 18.3. The van der Waals surface area contributed by atoms with E-state index in [0.29, 0.717) is 16.6 Å². The van der Waals surface area contributed by atoms with Crippen molar-refractivity contribution in [3.05, 3.63) is 99.2 Å².